The van der Waals surface area contributed by atoms with Crippen molar-refractivity contribution in [3.63, 3.8) is 0 Å². The van der Waals surface area contributed by atoms with Gasteiger partial charge in [0.25, 0.3) is 0 Å². The van der Waals surface area contributed by atoms with Crippen LogP contribution in [0.2, 0.25) is 0 Å². The first-order chi connectivity index (χ1) is 10.7. The highest BCUT2D eigenvalue weighted by atomic mass is 127. The van der Waals surface area contributed by atoms with Crippen LogP contribution in [0.3, 0.4) is 0 Å². The lowest BCUT2D eigenvalue weighted by molar-refractivity contribution is 0.438. The molecule has 2 N–H and O–H groups in total. The van der Waals surface area contributed by atoms with Crippen molar-refractivity contribution in [1.82, 2.24) is 0 Å². The van der Waals surface area contributed by atoms with Crippen LogP contribution in [0, 0.1) is 0 Å². The van der Waals surface area contributed by atoms with E-state index in [1.807, 2.05) is 12.1 Å². The Hall–Kier alpha value is -1.23. The van der Waals surface area contributed by atoms with Gasteiger partial charge in [0.05, 0.1) is 0 Å². The van der Waals surface area contributed by atoms with Crippen LogP contribution in [-0.2, 0) is 6.42 Å². The summed E-state index contributed by atoms with van der Waals surface area (Å²) in [7, 11) is 0. The fourth-order valence-electron chi connectivity index (χ4n) is 3.67. The lowest BCUT2D eigenvalue weighted by atomic mass is 9.70. The standard InChI is InChI=1S/C19H21IO2/c20-11-1-2-19-17(13-3-6-15(21)7-4-13)9-5-14-12-16(22)8-10-18(14)19/h3-4,6-8,10,12,17,19,21-22H,1-2,5,9,11H2. The Morgan fingerprint density at radius 3 is 2.45 bits per heavy atom. The van der Waals surface area contributed by atoms with Crippen molar-refractivity contribution < 1.29 is 10.2 Å². The van der Waals surface area contributed by atoms with Crippen molar-refractivity contribution in [2.24, 2.45) is 0 Å². The summed E-state index contributed by atoms with van der Waals surface area (Å²) >= 11 is 2.44. The van der Waals surface area contributed by atoms with Crippen LogP contribution in [0.5, 0.6) is 11.5 Å². The zero-order valence-corrected chi connectivity index (χ0v) is 14.7. The summed E-state index contributed by atoms with van der Waals surface area (Å²) < 4.78 is 1.17. The SMILES string of the molecule is Oc1ccc(C2CCc3cc(O)ccc3C2CCCI)cc1. The number of phenols is 2. The van der Waals surface area contributed by atoms with E-state index in [1.54, 1.807) is 12.1 Å². The maximum absolute atomic E-state index is 9.74. The summed E-state index contributed by atoms with van der Waals surface area (Å²) in [5.74, 6) is 1.70. The van der Waals surface area contributed by atoms with Gasteiger partial charge < -0.3 is 10.2 Å². The number of benzene rings is 2. The highest BCUT2D eigenvalue weighted by Crippen LogP contribution is 2.45. The van der Waals surface area contributed by atoms with Gasteiger partial charge in [-0.2, -0.15) is 0 Å². The largest absolute Gasteiger partial charge is 0.508 e. The normalized spacial score (nSPS) is 20.6. The Morgan fingerprint density at radius 1 is 1.00 bits per heavy atom. The predicted molar refractivity (Wildman–Crippen MR) is 98.1 cm³/mol. The Morgan fingerprint density at radius 2 is 1.73 bits per heavy atom. The van der Waals surface area contributed by atoms with E-state index in [-0.39, 0.29) is 0 Å². The van der Waals surface area contributed by atoms with E-state index in [0.717, 1.165) is 12.8 Å². The maximum atomic E-state index is 9.74. The minimum atomic E-state index is 0.327. The van der Waals surface area contributed by atoms with Crippen molar-refractivity contribution in [1.29, 1.82) is 0 Å². The molecule has 0 spiro atoms. The van der Waals surface area contributed by atoms with Crippen LogP contribution in [0.25, 0.3) is 0 Å². The third-order valence-corrected chi connectivity index (χ3v) is 5.47. The molecule has 0 saturated heterocycles. The van der Waals surface area contributed by atoms with E-state index < -0.39 is 0 Å². The van der Waals surface area contributed by atoms with Gasteiger partial charge in [-0.1, -0.05) is 40.8 Å². The zero-order valence-electron chi connectivity index (χ0n) is 12.5. The number of rotatable bonds is 4. The fraction of sp³-hybridized carbons (Fsp3) is 0.368. The Kier molecular flexibility index (Phi) is 4.91. The molecule has 0 aromatic heterocycles. The highest BCUT2D eigenvalue weighted by molar-refractivity contribution is 14.1. The van der Waals surface area contributed by atoms with Crippen LogP contribution in [0.1, 0.15) is 47.8 Å². The van der Waals surface area contributed by atoms with Gasteiger partial charge in [0.2, 0.25) is 0 Å². The van der Waals surface area contributed by atoms with Gasteiger partial charge in [-0.15, -0.1) is 0 Å². The van der Waals surface area contributed by atoms with Gasteiger partial charge in [0, 0.05) is 0 Å². The number of hydrogen-bond donors (Lipinski definition) is 2. The lowest BCUT2D eigenvalue weighted by Crippen LogP contribution is -2.19. The van der Waals surface area contributed by atoms with Gasteiger partial charge in [0.15, 0.2) is 0 Å². The monoisotopic (exact) mass is 408 g/mol. The van der Waals surface area contributed by atoms with E-state index in [4.69, 9.17) is 0 Å². The smallest absolute Gasteiger partial charge is 0.115 e. The number of alkyl halides is 1. The predicted octanol–water partition coefficient (Wildman–Crippen LogP) is 5.13. The van der Waals surface area contributed by atoms with Crippen molar-refractivity contribution in [2.45, 2.75) is 37.5 Å². The lowest BCUT2D eigenvalue weighted by Gasteiger charge is -2.34. The van der Waals surface area contributed by atoms with Crippen molar-refractivity contribution >= 4 is 22.6 Å². The van der Waals surface area contributed by atoms with Crippen LogP contribution >= 0.6 is 22.6 Å². The van der Waals surface area contributed by atoms with Crippen molar-refractivity contribution in [2.75, 3.05) is 4.43 Å². The Balaban J connectivity index is 1.96. The molecular weight excluding hydrogens is 387 g/mol. The molecule has 3 rings (SSSR count). The van der Waals surface area contributed by atoms with Gasteiger partial charge in [-0.05, 0) is 82.9 Å². The third-order valence-electron chi connectivity index (χ3n) is 4.71. The second-order valence-corrected chi connectivity index (χ2v) is 7.14. The van der Waals surface area contributed by atoms with E-state index in [1.165, 1.54) is 34.0 Å². The summed E-state index contributed by atoms with van der Waals surface area (Å²) in [5.41, 5.74) is 4.01. The van der Waals surface area contributed by atoms with E-state index in [2.05, 4.69) is 40.8 Å². The topological polar surface area (TPSA) is 40.5 Å². The molecule has 0 radical (unpaired) electrons. The minimum Gasteiger partial charge on any atom is -0.508 e. The first-order valence-electron chi connectivity index (χ1n) is 7.85. The fourth-order valence-corrected chi connectivity index (χ4v) is 4.11. The quantitative estimate of drug-likeness (QED) is 0.544. The molecule has 2 unspecified atom stereocenters. The molecule has 2 aromatic rings. The second kappa shape index (κ2) is 6.90. The van der Waals surface area contributed by atoms with Crippen LogP contribution in [0.15, 0.2) is 42.5 Å². The van der Waals surface area contributed by atoms with Gasteiger partial charge in [0.1, 0.15) is 11.5 Å². The Labute approximate surface area is 145 Å². The van der Waals surface area contributed by atoms with Gasteiger partial charge in [-0.25, -0.2) is 0 Å². The molecule has 0 fully saturated rings. The average Bonchev–Trinajstić information content (AvgIpc) is 2.53. The van der Waals surface area contributed by atoms with Crippen molar-refractivity contribution in [3.05, 3.63) is 59.2 Å². The number of aromatic hydroxyl groups is 2. The van der Waals surface area contributed by atoms with Crippen LogP contribution < -0.4 is 0 Å². The molecule has 22 heavy (non-hydrogen) atoms. The molecule has 1 aliphatic rings. The number of phenolic OH excluding ortho intramolecular Hbond substituents is 2. The molecule has 3 heteroatoms. The van der Waals surface area contributed by atoms with E-state index in [0.29, 0.717) is 23.3 Å². The summed E-state index contributed by atoms with van der Waals surface area (Å²) in [6, 6.07) is 13.5. The molecule has 2 atom stereocenters. The molecular formula is C19H21IO2. The summed E-state index contributed by atoms with van der Waals surface area (Å²) in [6.45, 7) is 0. The number of aryl methyl sites for hydroxylation is 1. The Bertz CT molecular complexity index is 636. The second-order valence-electron chi connectivity index (χ2n) is 6.06. The van der Waals surface area contributed by atoms with Gasteiger partial charge in [-0.3, -0.25) is 0 Å². The zero-order chi connectivity index (χ0) is 15.5. The summed E-state index contributed by atoms with van der Waals surface area (Å²) in [6.07, 6.45) is 4.50. The molecule has 116 valence electrons. The molecule has 2 aromatic carbocycles. The molecule has 0 saturated carbocycles. The van der Waals surface area contributed by atoms with E-state index in [9.17, 15) is 10.2 Å². The third kappa shape index (κ3) is 3.24. The summed E-state index contributed by atoms with van der Waals surface area (Å²) in [4.78, 5) is 0. The average molecular weight is 408 g/mol. The number of hydrogen-bond acceptors (Lipinski definition) is 2. The first-order valence-corrected chi connectivity index (χ1v) is 9.38. The number of halogens is 1. The first kappa shape index (κ1) is 15.7. The minimum absolute atomic E-state index is 0.327. The molecule has 2 nitrogen and oxygen atoms in total. The van der Waals surface area contributed by atoms with E-state index >= 15 is 0 Å². The van der Waals surface area contributed by atoms with Crippen LogP contribution in [0.4, 0.5) is 0 Å². The molecule has 0 bridgehead atoms. The van der Waals surface area contributed by atoms with Gasteiger partial charge >= 0.3 is 0 Å². The molecule has 0 aliphatic heterocycles. The van der Waals surface area contributed by atoms with Crippen molar-refractivity contribution in [3.8, 4) is 11.5 Å². The molecule has 0 heterocycles. The highest BCUT2D eigenvalue weighted by Gasteiger charge is 2.30. The summed E-state index contributed by atoms with van der Waals surface area (Å²) in [5, 5.41) is 19.3. The molecule has 1 aliphatic carbocycles. The maximum Gasteiger partial charge on any atom is 0.115 e. The number of fused-ring (bicyclic) bond motifs is 1. The van der Waals surface area contributed by atoms with Crippen LogP contribution in [-0.4, -0.2) is 14.6 Å². The molecule has 0 amide bonds.